The summed E-state index contributed by atoms with van der Waals surface area (Å²) < 4.78 is 31.6. The van der Waals surface area contributed by atoms with Gasteiger partial charge < -0.3 is 10.2 Å². The van der Waals surface area contributed by atoms with E-state index in [1.165, 1.54) is 12.4 Å². The van der Waals surface area contributed by atoms with Crippen LogP contribution < -0.4 is 10.5 Å². The van der Waals surface area contributed by atoms with Gasteiger partial charge in [0.2, 0.25) is 10.0 Å². The van der Waals surface area contributed by atoms with Gasteiger partial charge in [0.25, 0.3) is 0 Å². The summed E-state index contributed by atoms with van der Waals surface area (Å²) in [4.78, 5) is 3.81. The Hall–Kier alpha value is -1.23. The van der Waals surface area contributed by atoms with Crippen molar-refractivity contribution < 1.29 is 12.8 Å². The lowest BCUT2D eigenvalue weighted by Gasteiger charge is -2.02. The number of aromatic amines is 1. The smallest absolute Gasteiger partial charge is 0.245 e. The highest BCUT2D eigenvalue weighted by molar-refractivity contribution is 9.10. The van der Waals surface area contributed by atoms with Gasteiger partial charge in [-0.1, -0.05) is 0 Å². The highest BCUT2D eigenvalue weighted by Crippen LogP contribution is 2.25. The van der Waals surface area contributed by atoms with E-state index in [9.17, 15) is 8.42 Å². The molecule has 0 unspecified atom stereocenters. The van der Waals surface area contributed by atoms with Gasteiger partial charge in [0.1, 0.15) is 22.8 Å². The highest BCUT2D eigenvalue weighted by atomic mass is 79.9. The average molecular weight is 336 g/mol. The number of hydrogen-bond acceptors (Lipinski definition) is 6. The molecule has 0 aromatic carbocycles. The van der Waals surface area contributed by atoms with Crippen molar-refractivity contribution in [1.82, 2.24) is 19.9 Å². The summed E-state index contributed by atoms with van der Waals surface area (Å²) in [7, 11) is -3.69. The van der Waals surface area contributed by atoms with Crippen LogP contribution in [0.25, 0.3) is 0 Å². The van der Waals surface area contributed by atoms with E-state index < -0.39 is 10.0 Å². The number of sulfonamides is 1. The minimum absolute atomic E-state index is 0.00228. The zero-order chi connectivity index (χ0) is 13.2. The minimum atomic E-state index is -3.69. The normalized spacial score (nSPS) is 11.9. The molecule has 10 heteroatoms. The standard InChI is InChI=1S/C8H10BrN5O3S/c9-8-6(1-5(2-10)17-8)18(15,16)13-3-7-11-4-12-14-7/h1,4,13H,2-3,10H2,(H,11,12,14). The van der Waals surface area contributed by atoms with E-state index in [0.717, 1.165) is 0 Å². The van der Waals surface area contributed by atoms with Crippen molar-refractivity contribution in [2.75, 3.05) is 0 Å². The molecule has 0 aliphatic carbocycles. The first-order valence-electron chi connectivity index (χ1n) is 4.85. The van der Waals surface area contributed by atoms with Crippen molar-refractivity contribution in [3.05, 3.63) is 28.6 Å². The van der Waals surface area contributed by atoms with Crippen molar-refractivity contribution in [1.29, 1.82) is 0 Å². The van der Waals surface area contributed by atoms with E-state index in [2.05, 4.69) is 35.8 Å². The van der Waals surface area contributed by atoms with Gasteiger partial charge in [-0.15, -0.1) is 0 Å². The van der Waals surface area contributed by atoms with Crippen molar-refractivity contribution in [2.45, 2.75) is 18.0 Å². The van der Waals surface area contributed by atoms with Crippen LogP contribution >= 0.6 is 15.9 Å². The molecule has 0 atom stereocenters. The predicted molar refractivity (Wildman–Crippen MR) is 64.7 cm³/mol. The summed E-state index contributed by atoms with van der Waals surface area (Å²) in [5.41, 5.74) is 5.37. The Balaban J connectivity index is 2.17. The molecule has 2 rings (SSSR count). The SMILES string of the molecule is NCc1cc(S(=O)(=O)NCc2ncn[nH]2)c(Br)o1. The molecule has 4 N–H and O–H groups in total. The average Bonchev–Trinajstić information content (AvgIpc) is 2.95. The second kappa shape index (κ2) is 5.18. The van der Waals surface area contributed by atoms with Crippen molar-refractivity contribution >= 4 is 26.0 Å². The zero-order valence-electron chi connectivity index (χ0n) is 9.05. The molecule has 0 bridgehead atoms. The lowest BCUT2D eigenvalue weighted by molar-refractivity contribution is 0.483. The molecular weight excluding hydrogens is 326 g/mol. The van der Waals surface area contributed by atoms with E-state index in [-0.39, 0.29) is 22.7 Å². The molecule has 18 heavy (non-hydrogen) atoms. The largest absolute Gasteiger partial charge is 0.452 e. The van der Waals surface area contributed by atoms with Crippen LogP contribution in [0, 0.1) is 0 Å². The number of nitrogens with zero attached hydrogens (tertiary/aromatic N) is 2. The second-order valence-corrected chi connectivity index (χ2v) is 5.77. The number of H-pyrrole nitrogens is 1. The monoisotopic (exact) mass is 335 g/mol. The van der Waals surface area contributed by atoms with Gasteiger partial charge in [-0.25, -0.2) is 18.1 Å². The molecule has 0 saturated carbocycles. The van der Waals surface area contributed by atoms with Gasteiger partial charge in [0.15, 0.2) is 4.67 Å². The van der Waals surface area contributed by atoms with Crippen LogP contribution in [-0.2, 0) is 23.1 Å². The van der Waals surface area contributed by atoms with Gasteiger partial charge in [-0.3, -0.25) is 5.10 Å². The third-order valence-electron chi connectivity index (χ3n) is 2.09. The molecule has 0 radical (unpaired) electrons. The Bertz CT molecular complexity index is 621. The van der Waals surface area contributed by atoms with Crippen LogP contribution in [0.4, 0.5) is 0 Å². The summed E-state index contributed by atoms with van der Waals surface area (Å²) in [6, 6.07) is 1.37. The van der Waals surface area contributed by atoms with Gasteiger partial charge in [-0.2, -0.15) is 5.10 Å². The Morgan fingerprint density at radius 1 is 1.56 bits per heavy atom. The molecule has 2 aromatic rings. The Morgan fingerprint density at radius 2 is 2.33 bits per heavy atom. The van der Waals surface area contributed by atoms with E-state index in [4.69, 9.17) is 10.2 Å². The van der Waals surface area contributed by atoms with E-state index in [1.54, 1.807) is 0 Å². The molecule has 98 valence electrons. The first-order chi connectivity index (χ1) is 8.53. The van der Waals surface area contributed by atoms with E-state index >= 15 is 0 Å². The molecule has 0 aliphatic rings. The number of rotatable bonds is 5. The summed E-state index contributed by atoms with van der Waals surface area (Å²) >= 11 is 3.04. The number of nitrogens with one attached hydrogen (secondary N) is 2. The van der Waals surface area contributed by atoms with Crippen LogP contribution in [-0.4, -0.2) is 23.6 Å². The number of aromatic nitrogens is 3. The Labute approximate surface area is 111 Å². The molecular formula is C8H10BrN5O3S. The first-order valence-corrected chi connectivity index (χ1v) is 7.12. The van der Waals surface area contributed by atoms with Gasteiger partial charge in [0.05, 0.1) is 13.1 Å². The Morgan fingerprint density at radius 3 is 2.89 bits per heavy atom. The van der Waals surface area contributed by atoms with Gasteiger partial charge in [0, 0.05) is 6.07 Å². The maximum Gasteiger partial charge on any atom is 0.245 e. The highest BCUT2D eigenvalue weighted by Gasteiger charge is 2.22. The quantitative estimate of drug-likeness (QED) is 0.711. The third-order valence-corrected chi connectivity index (χ3v) is 4.35. The third kappa shape index (κ3) is 2.77. The minimum Gasteiger partial charge on any atom is -0.452 e. The number of nitrogens with two attached hydrogens (primary N) is 1. The Kier molecular flexibility index (Phi) is 3.80. The fourth-order valence-electron chi connectivity index (χ4n) is 1.24. The molecule has 8 nitrogen and oxygen atoms in total. The number of halogens is 1. The molecule has 0 saturated heterocycles. The molecule has 2 aromatic heterocycles. The van der Waals surface area contributed by atoms with Crippen molar-refractivity contribution in [3.63, 3.8) is 0 Å². The van der Waals surface area contributed by atoms with E-state index in [1.807, 2.05) is 0 Å². The van der Waals surface area contributed by atoms with Crippen LogP contribution in [0.3, 0.4) is 0 Å². The molecule has 0 spiro atoms. The first kappa shape index (κ1) is 13.2. The maximum absolute atomic E-state index is 12.0. The molecule has 0 amide bonds. The number of furan rings is 1. The van der Waals surface area contributed by atoms with E-state index in [0.29, 0.717) is 11.6 Å². The summed E-state index contributed by atoms with van der Waals surface area (Å²) in [6.07, 6.45) is 1.30. The van der Waals surface area contributed by atoms with Crippen LogP contribution in [0.15, 0.2) is 26.4 Å². The summed E-state index contributed by atoms with van der Waals surface area (Å²) in [6.45, 7) is 0.133. The van der Waals surface area contributed by atoms with Crippen LogP contribution in [0.2, 0.25) is 0 Å². The van der Waals surface area contributed by atoms with Crippen molar-refractivity contribution in [2.24, 2.45) is 5.73 Å². The zero-order valence-corrected chi connectivity index (χ0v) is 11.5. The summed E-state index contributed by atoms with van der Waals surface area (Å²) in [5, 5.41) is 6.16. The molecule has 0 aliphatic heterocycles. The maximum atomic E-state index is 12.0. The molecule has 2 heterocycles. The van der Waals surface area contributed by atoms with Crippen molar-refractivity contribution in [3.8, 4) is 0 Å². The number of hydrogen-bond donors (Lipinski definition) is 3. The topological polar surface area (TPSA) is 127 Å². The van der Waals surface area contributed by atoms with Gasteiger partial charge >= 0.3 is 0 Å². The van der Waals surface area contributed by atoms with Gasteiger partial charge in [-0.05, 0) is 15.9 Å². The fraction of sp³-hybridized carbons (Fsp3) is 0.250. The predicted octanol–water partition coefficient (Wildman–Crippen LogP) is 0.0974. The lowest BCUT2D eigenvalue weighted by Crippen LogP contribution is -2.23. The summed E-state index contributed by atoms with van der Waals surface area (Å²) in [5.74, 6) is 0.791. The lowest BCUT2D eigenvalue weighted by atomic mass is 10.5. The second-order valence-electron chi connectivity index (χ2n) is 3.31. The van der Waals surface area contributed by atoms with Crippen LogP contribution in [0.1, 0.15) is 11.6 Å². The van der Waals surface area contributed by atoms with Crippen LogP contribution in [0.5, 0.6) is 0 Å². The molecule has 0 fully saturated rings. The fourth-order valence-corrected chi connectivity index (χ4v) is 3.22.